The first-order chi connectivity index (χ1) is 8.99. The second-order valence-corrected chi connectivity index (χ2v) is 4.35. The Balaban J connectivity index is 3.23. The van der Waals surface area contributed by atoms with E-state index in [0.29, 0.717) is 12.3 Å². The maximum Gasteiger partial charge on any atom is 0.315 e. The molecule has 0 saturated heterocycles. The lowest BCUT2D eigenvalue weighted by molar-refractivity contribution is -0.386. The van der Waals surface area contributed by atoms with Gasteiger partial charge in [-0.05, 0) is 32.0 Å². The van der Waals surface area contributed by atoms with Crippen LogP contribution in [0.4, 0.5) is 5.69 Å². The summed E-state index contributed by atoms with van der Waals surface area (Å²) in [6, 6.07) is 3.27. The largest absolute Gasteiger partial charge is 0.493 e. The van der Waals surface area contributed by atoms with E-state index in [2.05, 4.69) is 5.32 Å². The van der Waals surface area contributed by atoms with E-state index in [4.69, 9.17) is 9.47 Å². The van der Waals surface area contributed by atoms with Crippen LogP contribution in [0, 0.1) is 10.1 Å². The first-order valence-electron chi connectivity index (χ1n) is 6.22. The fourth-order valence-corrected chi connectivity index (χ4v) is 1.66. The smallest absolute Gasteiger partial charge is 0.315 e. The SMILES string of the molecule is CCNCc1cc(OC)c(OC(C)C)c([N+](=O)[O-])c1. The lowest BCUT2D eigenvalue weighted by atomic mass is 10.1. The molecule has 1 aromatic carbocycles. The number of ether oxygens (including phenoxy) is 2. The first kappa shape index (κ1) is 15.2. The van der Waals surface area contributed by atoms with Crippen LogP contribution in [-0.4, -0.2) is 24.7 Å². The molecule has 0 fully saturated rings. The number of nitrogens with one attached hydrogen (secondary N) is 1. The Bertz CT molecular complexity index is 447. The summed E-state index contributed by atoms with van der Waals surface area (Å²) in [7, 11) is 1.48. The number of nitrogens with zero attached hydrogens (tertiary/aromatic N) is 1. The maximum atomic E-state index is 11.1. The highest BCUT2D eigenvalue weighted by Crippen LogP contribution is 2.38. The van der Waals surface area contributed by atoms with Gasteiger partial charge in [0, 0.05) is 12.6 Å². The molecule has 1 aromatic rings. The average Bonchev–Trinajstić information content (AvgIpc) is 2.36. The molecule has 0 bridgehead atoms. The van der Waals surface area contributed by atoms with Crippen LogP contribution in [0.2, 0.25) is 0 Å². The van der Waals surface area contributed by atoms with Gasteiger partial charge in [-0.1, -0.05) is 6.92 Å². The van der Waals surface area contributed by atoms with Crippen molar-refractivity contribution in [2.45, 2.75) is 33.4 Å². The summed E-state index contributed by atoms with van der Waals surface area (Å²) in [6.45, 7) is 6.95. The first-order valence-corrected chi connectivity index (χ1v) is 6.22. The third-order valence-electron chi connectivity index (χ3n) is 2.44. The standard InChI is InChI=1S/C13H20N2O4/c1-5-14-8-10-6-11(15(16)17)13(19-9(2)3)12(7-10)18-4/h6-7,9,14H,5,8H2,1-4H3. The lowest BCUT2D eigenvalue weighted by Gasteiger charge is -2.15. The number of hydrogen-bond donors (Lipinski definition) is 1. The molecule has 0 radical (unpaired) electrons. The van der Waals surface area contributed by atoms with Gasteiger partial charge in [-0.2, -0.15) is 0 Å². The van der Waals surface area contributed by atoms with Crippen molar-refractivity contribution in [1.29, 1.82) is 0 Å². The maximum absolute atomic E-state index is 11.1. The molecule has 0 unspecified atom stereocenters. The minimum Gasteiger partial charge on any atom is -0.493 e. The van der Waals surface area contributed by atoms with Gasteiger partial charge in [0.2, 0.25) is 5.75 Å². The quantitative estimate of drug-likeness (QED) is 0.607. The summed E-state index contributed by atoms with van der Waals surface area (Å²) in [6.07, 6.45) is -0.160. The Hall–Kier alpha value is -1.82. The zero-order chi connectivity index (χ0) is 14.4. The Morgan fingerprint density at radius 1 is 1.42 bits per heavy atom. The topological polar surface area (TPSA) is 73.6 Å². The Morgan fingerprint density at radius 3 is 2.58 bits per heavy atom. The summed E-state index contributed by atoms with van der Waals surface area (Å²) >= 11 is 0. The van der Waals surface area contributed by atoms with Crippen molar-refractivity contribution in [1.82, 2.24) is 5.32 Å². The van der Waals surface area contributed by atoms with Crippen molar-refractivity contribution in [2.24, 2.45) is 0 Å². The van der Waals surface area contributed by atoms with Crippen molar-refractivity contribution in [3.05, 3.63) is 27.8 Å². The molecular weight excluding hydrogens is 248 g/mol. The molecule has 0 spiro atoms. The van der Waals surface area contributed by atoms with Crippen LogP contribution in [0.15, 0.2) is 12.1 Å². The van der Waals surface area contributed by atoms with Crippen LogP contribution in [0.25, 0.3) is 0 Å². The number of benzene rings is 1. The molecule has 106 valence electrons. The van der Waals surface area contributed by atoms with Crippen LogP contribution in [0.1, 0.15) is 26.3 Å². The number of nitro groups is 1. The highest BCUT2D eigenvalue weighted by Gasteiger charge is 2.23. The van der Waals surface area contributed by atoms with Crippen molar-refractivity contribution in [3.63, 3.8) is 0 Å². The normalized spacial score (nSPS) is 10.6. The highest BCUT2D eigenvalue weighted by molar-refractivity contribution is 5.58. The van der Waals surface area contributed by atoms with Gasteiger partial charge in [0.25, 0.3) is 0 Å². The highest BCUT2D eigenvalue weighted by atomic mass is 16.6. The second kappa shape index (κ2) is 6.94. The molecule has 0 aliphatic carbocycles. The average molecular weight is 268 g/mol. The summed E-state index contributed by atoms with van der Waals surface area (Å²) in [5, 5.41) is 14.3. The molecular formula is C13H20N2O4. The molecule has 19 heavy (non-hydrogen) atoms. The fraction of sp³-hybridized carbons (Fsp3) is 0.538. The van der Waals surface area contributed by atoms with Crippen molar-refractivity contribution < 1.29 is 14.4 Å². The van der Waals surface area contributed by atoms with Crippen LogP contribution < -0.4 is 14.8 Å². The Morgan fingerprint density at radius 2 is 2.11 bits per heavy atom. The predicted octanol–water partition coefficient (Wildman–Crippen LogP) is 2.50. The number of methoxy groups -OCH3 is 1. The monoisotopic (exact) mass is 268 g/mol. The molecule has 0 aliphatic heterocycles. The second-order valence-electron chi connectivity index (χ2n) is 4.35. The van der Waals surface area contributed by atoms with E-state index in [1.807, 2.05) is 20.8 Å². The van der Waals surface area contributed by atoms with E-state index >= 15 is 0 Å². The van der Waals surface area contributed by atoms with E-state index in [-0.39, 0.29) is 17.5 Å². The lowest BCUT2D eigenvalue weighted by Crippen LogP contribution is -2.13. The minimum atomic E-state index is -0.449. The van der Waals surface area contributed by atoms with Gasteiger partial charge in [0.1, 0.15) is 0 Å². The van der Waals surface area contributed by atoms with E-state index in [0.717, 1.165) is 12.1 Å². The number of hydrogen-bond acceptors (Lipinski definition) is 5. The van der Waals surface area contributed by atoms with Gasteiger partial charge in [0.05, 0.1) is 18.1 Å². The summed E-state index contributed by atoms with van der Waals surface area (Å²) in [5.41, 5.74) is 0.724. The minimum absolute atomic E-state index is 0.0686. The number of rotatable bonds is 7. The zero-order valence-corrected chi connectivity index (χ0v) is 11.7. The third kappa shape index (κ3) is 4.10. The molecule has 0 heterocycles. The van der Waals surface area contributed by atoms with Gasteiger partial charge < -0.3 is 14.8 Å². The summed E-state index contributed by atoms with van der Waals surface area (Å²) < 4.78 is 10.7. The Kier molecular flexibility index (Phi) is 5.57. The number of nitro benzene ring substituents is 1. The van der Waals surface area contributed by atoms with Crippen LogP contribution >= 0.6 is 0 Å². The fourth-order valence-electron chi connectivity index (χ4n) is 1.66. The molecule has 0 aliphatic rings. The third-order valence-corrected chi connectivity index (χ3v) is 2.44. The molecule has 1 N–H and O–H groups in total. The molecule has 1 rings (SSSR count). The Labute approximate surface area is 112 Å². The van der Waals surface area contributed by atoms with Crippen molar-refractivity contribution in [2.75, 3.05) is 13.7 Å². The van der Waals surface area contributed by atoms with Crippen LogP contribution in [0.3, 0.4) is 0 Å². The van der Waals surface area contributed by atoms with Crippen molar-refractivity contribution in [3.8, 4) is 11.5 Å². The van der Waals surface area contributed by atoms with Gasteiger partial charge in [0.15, 0.2) is 5.75 Å². The van der Waals surface area contributed by atoms with Gasteiger partial charge in [-0.25, -0.2) is 0 Å². The van der Waals surface area contributed by atoms with Crippen molar-refractivity contribution >= 4 is 5.69 Å². The summed E-state index contributed by atoms with van der Waals surface area (Å²) in [4.78, 5) is 10.7. The molecule has 0 amide bonds. The van der Waals surface area contributed by atoms with E-state index in [1.165, 1.54) is 13.2 Å². The van der Waals surface area contributed by atoms with Gasteiger partial charge >= 0.3 is 5.69 Å². The molecule has 6 nitrogen and oxygen atoms in total. The molecule has 0 aromatic heterocycles. The molecule has 0 saturated carbocycles. The predicted molar refractivity (Wildman–Crippen MR) is 72.8 cm³/mol. The van der Waals surface area contributed by atoms with Crippen LogP contribution in [-0.2, 0) is 6.54 Å². The van der Waals surface area contributed by atoms with Crippen LogP contribution in [0.5, 0.6) is 11.5 Å². The molecule has 0 atom stereocenters. The van der Waals surface area contributed by atoms with Gasteiger partial charge in [-0.15, -0.1) is 0 Å². The molecule has 6 heteroatoms. The zero-order valence-electron chi connectivity index (χ0n) is 11.7. The van der Waals surface area contributed by atoms with Gasteiger partial charge in [-0.3, -0.25) is 10.1 Å². The van der Waals surface area contributed by atoms with E-state index < -0.39 is 4.92 Å². The summed E-state index contributed by atoms with van der Waals surface area (Å²) in [5.74, 6) is 0.568. The van der Waals surface area contributed by atoms with E-state index in [9.17, 15) is 10.1 Å². The van der Waals surface area contributed by atoms with E-state index in [1.54, 1.807) is 6.07 Å².